The largest absolute Gasteiger partial charge is 0.356 e. The number of anilines is 1. The van der Waals surface area contributed by atoms with Crippen molar-refractivity contribution in [3.63, 3.8) is 0 Å². The Bertz CT molecular complexity index is 409. The molecule has 3 nitrogen and oxygen atoms in total. The van der Waals surface area contributed by atoms with Gasteiger partial charge >= 0.3 is 0 Å². The number of rotatable bonds is 2. The molecule has 1 saturated carbocycles. The zero-order valence-electron chi connectivity index (χ0n) is 10.2. The fraction of sp³-hybridized carbons (Fsp3) is 0.692. The number of aromatic nitrogens is 2. The molecule has 0 bridgehead atoms. The van der Waals surface area contributed by atoms with Gasteiger partial charge in [0.15, 0.2) is 4.73 Å². The molecule has 1 aromatic rings. The van der Waals surface area contributed by atoms with E-state index in [1.165, 1.54) is 31.4 Å². The molecule has 2 aliphatic rings. The van der Waals surface area contributed by atoms with Crippen molar-refractivity contribution in [2.75, 3.05) is 18.0 Å². The van der Waals surface area contributed by atoms with Crippen molar-refractivity contribution in [2.24, 2.45) is 5.92 Å². The molecule has 2 fully saturated rings. The molecule has 0 radical (unpaired) electrons. The zero-order valence-corrected chi connectivity index (χ0v) is 11.8. The van der Waals surface area contributed by atoms with Gasteiger partial charge in [0.2, 0.25) is 0 Å². The molecule has 92 valence electrons. The molecule has 0 N–H and O–H groups in total. The van der Waals surface area contributed by atoms with Crippen LogP contribution < -0.4 is 4.90 Å². The zero-order chi connectivity index (χ0) is 11.8. The van der Waals surface area contributed by atoms with Gasteiger partial charge in [0.05, 0.1) is 5.69 Å². The Morgan fingerprint density at radius 1 is 1.18 bits per heavy atom. The van der Waals surface area contributed by atoms with E-state index in [2.05, 4.69) is 43.8 Å². The fourth-order valence-corrected chi connectivity index (χ4v) is 2.80. The van der Waals surface area contributed by atoms with Gasteiger partial charge in [-0.25, -0.2) is 9.97 Å². The molecule has 0 amide bonds. The van der Waals surface area contributed by atoms with Crippen molar-refractivity contribution in [3.05, 3.63) is 16.5 Å². The average molecular weight is 296 g/mol. The Morgan fingerprint density at radius 3 is 2.53 bits per heavy atom. The number of halogens is 1. The highest BCUT2D eigenvalue weighted by molar-refractivity contribution is 9.10. The highest BCUT2D eigenvalue weighted by atomic mass is 79.9. The topological polar surface area (TPSA) is 29.0 Å². The van der Waals surface area contributed by atoms with E-state index in [0.29, 0.717) is 5.92 Å². The van der Waals surface area contributed by atoms with Crippen molar-refractivity contribution in [1.82, 2.24) is 9.97 Å². The van der Waals surface area contributed by atoms with Crippen LogP contribution in [-0.2, 0) is 0 Å². The number of hydrogen-bond donors (Lipinski definition) is 0. The Kier molecular flexibility index (Phi) is 3.07. The van der Waals surface area contributed by atoms with Gasteiger partial charge in [0.25, 0.3) is 0 Å². The summed E-state index contributed by atoms with van der Waals surface area (Å²) in [6, 6.07) is 2.19. The standard InChI is InChI=1S/C13H18BrN3/c1-9-4-6-17(7-5-9)12-8-11(10-2-3-10)15-13(14)16-12/h8-10H,2-7H2,1H3. The summed E-state index contributed by atoms with van der Waals surface area (Å²) in [7, 11) is 0. The lowest BCUT2D eigenvalue weighted by Crippen LogP contribution is -2.33. The summed E-state index contributed by atoms with van der Waals surface area (Å²) in [4.78, 5) is 11.4. The van der Waals surface area contributed by atoms with Gasteiger partial charge in [-0.1, -0.05) is 6.92 Å². The molecular weight excluding hydrogens is 278 g/mol. The van der Waals surface area contributed by atoms with Crippen LogP contribution in [-0.4, -0.2) is 23.1 Å². The van der Waals surface area contributed by atoms with Gasteiger partial charge in [-0.2, -0.15) is 0 Å². The van der Waals surface area contributed by atoms with Crippen LogP contribution in [0.2, 0.25) is 0 Å². The van der Waals surface area contributed by atoms with Crippen LogP contribution in [0.15, 0.2) is 10.8 Å². The van der Waals surface area contributed by atoms with Gasteiger partial charge in [0.1, 0.15) is 5.82 Å². The summed E-state index contributed by atoms with van der Waals surface area (Å²) in [5.41, 5.74) is 1.22. The summed E-state index contributed by atoms with van der Waals surface area (Å²) in [5, 5.41) is 0. The first-order valence-corrected chi connectivity index (χ1v) is 7.31. The van der Waals surface area contributed by atoms with Gasteiger partial charge in [-0.3, -0.25) is 0 Å². The van der Waals surface area contributed by atoms with Gasteiger partial charge < -0.3 is 4.90 Å². The third-order valence-corrected chi connectivity index (χ3v) is 4.16. The lowest BCUT2D eigenvalue weighted by Gasteiger charge is -2.31. The SMILES string of the molecule is CC1CCN(c2cc(C3CC3)nc(Br)n2)CC1. The predicted octanol–water partition coefficient (Wildman–Crippen LogP) is 3.35. The van der Waals surface area contributed by atoms with Crippen LogP contribution in [0.25, 0.3) is 0 Å². The van der Waals surface area contributed by atoms with E-state index in [9.17, 15) is 0 Å². The molecule has 4 heteroatoms. The molecule has 1 saturated heterocycles. The predicted molar refractivity (Wildman–Crippen MR) is 72.3 cm³/mol. The smallest absolute Gasteiger partial charge is 0.198 e. The maximum absolute atomic E-state index is 4.52. The highest BCUT2D eigenvalue weighted by Gasteiger charge is 2.27. The van der Waals surface area contributed by atoms with Crippen LogP contribution in [0, 0.1) is 5.92 Å². The van der Waals surface area contributed by atoms with Crippen molar-refractivity contribution in [1.29, 1.82) is 0 Å². The van der Waals surface area contributed by atoms with Crippen molar-refractivity contribution in [3.8, 4) is 0 Å². The average Bonchev–Trinajstić information content (AvgIpc) is 3.13. The van der Waals surface area contributed by atoms with E-state index in [0.717, 1.165) is 29.6 Å². The van der Waals surface area contributed by atoms with E-state index in [-0.39, 0.29) is 0 Å². The number of hydrogen-bond acceptors (Lipinski definition) is 3. The Morgan fingerprint density at radius 2 is 1.88 bits per heavy atom. The molecule has 17 heavy (non-hydrogen) atoms. The molecule has 3 rings (SSSR count). The van der Waals surface area contributed by atoms with Gasteiger partial charge in [-0.05, 0) is 47.5 Å². The van der Waals surface area contributed by atoms with Gasteiger partial charge in [0, 0.05) is 25.1 Å². The fourth-order valence-electron chi connectivity index (χ4n) is 2.41. The normalized spacial score (nSPS) is 21.9. The number of nitrogens with zero attached hydrogens (tertiary/aromatic N) is 3. The van der Waals surface area contributed by atoms with Crippen LogP contribution in [0.4, 0.5) is 5.82 Å². The molecular formula is C13H18BrN3. The Labute approximate surface area is 111 Å². The summed E-state index contributed by atoms with van der Waals surface area (Å²) in [6.07, 6.45) is 5.14. The van der Waals surface area contributed by atoms with E-state index in [1.807, 2.05) is 0 Å². The van der Waals surface area contributed by atoms with Gasteiger partial charge in [-0.15, -0.1) is 0 Å². The van der Waals surface area contributed by atoms with E-state index < -0.39 is 0 Å². The maximum Gasteiger partial charge on any atom is 0.198 e. The van der Waals surface area contributed by atoms with Crippen LogP contribution in [0.3, 0.4) is 0 Å². The second-order valence-corrected chi connectivity index (χ2v) is 6.07. The third-order valence-electron chi connectivity index (χ3n) is 3.81. The molecule has 1 aromatic heterocycles. The molecule has 0 spiro atoms. The molecule has 0 unspecified atom stereocenters. The first-order valence-electron chi connectivity index (χ1n) is 6.52. The van der Waals surface area contributed by atoms with Crippen molar-refractivity contribution < 1.29 is 0 Å². The summed E-state index contributed by atoms with van der Waals surface area (Å²) in [6.45, 7) is 4.60. The lowest BCUT2D eigenvalue weighted by atomic mass is 9.99. The van der Waals surface area contributed by atoms with E-state index in [1.54, 1.807) is 0 Å². The second kappa shape index (κ2) is 4.56. The Hall–Kier alpha value is -0.640. The minimum absolute atomic E-state index is 0.691. The third kappa shape index (κ3) is 2.62. The van der Waals surface area contributed by atoms with Crippen LogP contribution >= 0.6 is 15.9 Å². The lowest BCUT2D eigenvalue weighted by molar-refractivity contribution is 0.436. The van der Waals surface area contributed by atoms with Crippen molar-refractivity contribution >= 4 is 21.7 Å². The van der Waals surface area contributed by atoms with E-state index in [4.69, 9.17) is 0 Å². The molecule has 1 aliphatic carbocycles. The minimum atomic E-state index is 0.691. The molecule has 0 aromatic carbocycles. The van der Waals surface area contributed by atoms with Crippen LogP contribution in [0.1, 0.15) is 44.2 Å². The molecule has 2 heterocycles. The summed E-state index contributed by atoms with van der Waals surface area (Å²) < 4.78 is 0.746. The monoisotopic (exact) mass is 295 g/mol. The summed E-state index contributed by atoms with van der Waals surface area (Å²) in [5.74, 6) is 2.66. The first kappa shape index (κ1) is 11.5. The summed E-state index contributed by atoms with van der Waals surface area (Å²) >= 11 is 3.44. The number of piperidine rings is 1. The first-order chi connectivity index (χ1) is 8.22. The highest BCUT2D eigenvalue weighted by Crippen LogP contribution is 2.40. The molecule has 0 atom stereocenters. The maximum atomic E-state index is 4.52. The minimum Gasteiger partial charge on any atom is -0.356 e. The molecule has 1 aliphatic heterocycles. The van der Waals surface area contributed by atoms with E-state index >= 15 is 0 Å². The quantitative estimate of drug-likeness (QED) is 0.784. The second-order valence-electron chi connectivity index (χ2n) is 5.36. The Balaban J connectivity index is 1.81. The van der Waals surface area contributed by atoms with Crippen LogP contribution in [0.5, 0.6) is 0 Å². The van der Waals surface area contributed by atoms with Crippen molar-refractivity contribution in [2.45, 2.75) is 38.5 Å².